The number of piperidine rings is 1. The second kappa shape index (κ2) is 8.87. The Balaban J connectivity index is 1.26. The molecule has 1 amide bonds. The minimum absolute atomic E-state index is 0.0509. The highest BCUT2D eigenvalue weighted by atomic mass is 32.1. The average molecular weight is 500 g/mol. The number of aromatic nitrogens is 5. The molecule has 1 saturated carbocycles. The molecule has 2 fully saturated rings. The summed E-state index contributed by atoms with van der Waals surface area (Å²) in [6.07, 6.45) is 5.64. The predicted molar refractivity (Wildman–Crippen MR) is 138 cm³/mol. The summed E-state index contributed by atoms with van der Waals surface area (Å²) in [5, 5.41) is 30.7. The molecule has 11 heteroatoms. The van der Waals surface area contributed by atoms with Crippen LogP contribution in [0.5, 0.6) is 0 Å². The number of hydrogen-bond acceptors (Lipinski definition) is 9. The summed E-state index contributed by atoms with van der Waals surface area (Å²) >= 11 is 1.57. The fraction of sp³-hybridized carbons (Fsp3) is 0.360. The number of nitrogens with one attached hydrogen (secondary N) is 2. The number of pyridine rings is 1. The molecule has 6 rings (SSSR count). The van der Waals surface area contributed by atoms with Gasteiger partial charge in [-0.05, 0) is 48.9 Å². The van der Waals surface area contributed by atoms with Crippen molar-refractivity contribution in [2.45, 2.75) is 25.8 Å². The zero-order valence-electron chi connectivity index (χ0n) is 20.0. The Morgan fingerprint density at radius 3 is 2.69 bits per heavy atom. The number of nitrogens with zero attached hydrogens (tertiary/aromatic N) is 7. The van der Waals surface area contributed by atoms with Crippen LogP contribution in [0.15, 0.2) is 36.7 Å². The first-order chi connectivity index (χ1) is 17.5. The van der Waals surface area contributed by atoms with E-state index in [1.807, 2.05) is 31.4 Å². The smallest absolute Gasteiger partial charge is 0.217 e. The van der Waals surface area contributed by atoms with Gasteiger partial charge in [-0.15, -0.1) is 10.2 Å². The monoisotopic (exact) mass is 499 g/mol. The molecule has 10 nitrogen and oxygen atoms in total. The Hall–Kier alpha value is -4.04. The standard InChI is InChI=1S/C25H25N9OS/c1-14(35)30-23-16-3-4-17(23)13-33(12-16)25-32-31-24(36-25)19-11-28-21(8-20(19)27-2)22-6-5-18-7-15(9-26)10-29-34(18)22/h5-8,10-11,16-17,23H,3-4,12-13H2,1-2H3,(H,27,28)(H,30,35)/t16-,17+,23-. The first-order valence-electron chi connectivity index (χ1n) is 12.0. The normalized spacial score (nSPS) is 20.9. The third-order valence-corrected chi connectivity index (χ3v) is 8.20. The van der Waals surface area contributed by atoms with E-state index in [-0.39, 0.29) is 11.9 Å². The second-order valence-electron chi connectivity index (χ2n) is 9.40. The van der Waals surface area contributed by atoms with Gasteiger partial charge >= 0.3 is 0 Å². The largest absolute Gasteiger partial charge is 0.387 e. The van der Waals surface area contributed by atoms with Crippen LogP contribution in [0, 0.1) is 23.2 Å². The number of rotatable bonds is 5. The molecule has 0 aromatic carbocycles. The van der Waals surface area contributed by atoms with Crippen LogP contribution < -0.4 is 15.5 Å². The van der Waals surface area contributed by atoms with Crippen molar-refractivity contribution in [2.24, 2.45) is 11.8 Å². The van der Waals surface area contributed by atoms with Crippen molar-refractivity contribution in [3.63, 3.8) is 0 Å². The van der Waals surface area contributed by atoms with Crippen LogP contribution >= 0.6 is 11.3 Å². The van der Waals surface area contributed by atoms with Gasteiger partial charge in [0.1, 0.15) is 6.07 Å². The van der Waals surface area contributed by atoms with Crippen molar-refractivity contribution < 1.29 is 4.79 Å². The highest BCUT2D eigenvalue weighted by Gasteiger charge is 2.43. The van der Waals surface area contributed by atoms with Crippen LogP contribution in [0.4, 0.5) is 10.8 Å². The summed E-state index contributed by atoms with van der Waals surface area (Å²) in [7, 11) is 1.88. The quantitative estimate of drug-likeness (QED) is 0.429. The number of carbonyl (C=O) groups excluding carboxylic acids is 1. The summed E-state index contributed by atoms with van der Waals surface area (Å²) in [4.78, 5) is 18.6. The number of nitriles is 1. The van der Waals surface area contributed by atoms with Crippen molar-refractivity contribution in [1.29, 1.82) is 5.26 Å². The summed E-state index contributed by atoms with van der Waals surface area (Å²) in [6.45, 7) is 3.36. The van der Waals surface area contributed by atoms with Gasteiger partial charge in [0.2, 0.25) is 11.0 Å². The van der Waals surface area contributed by atoms with Gasteiger partial charge in [0.05, 0.1) is 34.2 Å². The van der Waals surface area contributed by atoms with Gasteiger partial charge < -0.3 is 15.5 Å². The molecule has 1 saturated heterocycles. The summed E-state index contributed by atoms with van der Waals surface area (Å²) in [5.41, 5.74) is 4.75. The van der Waals surface area contributed by atoms with Crippen molar-refractivity contribution >= 4 is 33.6 Å². The fourth-order valence-electron chi connectivity index (χ4n) is 5.53. The van der Waals surface area contributed by atoms with Gasteiger partial charge in [0.25, 0.3) is 0 Å². The maximum atomic E-state index is 11.6. The van der Waals surface area contributed by atoms with Crippen LogP contribution in [-0.2, 0) is 4.79 Å². The Kier molecular flexibility index (Phi) is 5.53. The Bertz CT molecular complexity index is 1490. The van der Waals surface area contributed by atoms with E-state index in [1.165, 1.54) is 0 Å². The highest BCUT2D eigenvalue weighted by molar-refractivity contribution is 7.18. The second-order valence-corrected chi connectivity index (χ2v) is 10.4. The maximum Gasteiger partial charge on any atom is 0.217 e. The van der Waals surface area contributed by atoms with Crippen LogP contribution in [0.2, 0.25) is 0 Å². The summed E-state index contributed by atoms with van der Waals surface area (Å²) < 4.78 is 1.78. The molecule has 36 heavy (non-hydrogen) atoms. The lowest BCUT2D eigenvalue weighted by Gasteiger charge is -2.37. The Morgan fingerprint density at radius 1 is 1.17 bits per heavy atom. The van der Waals surface area contributed by atoms with Crippen LogP contribution in [0.3, 0.4) is 0 Å². The van der Waals surface area contributed by atoms with Gasteiger partial charge in [0.15, 0.2) is 5.01 Å². The van der Waals surface area contributed by atoms with E-state index in [1.54, 1.807) is 35.0 Å². The van der Waals surface area contributed by atoms with Gasteiger partial charge in [-0.2, -0.15) is 10.4 Å². The van der Waals surface area contributed by atoms with Crippen molar-refractivity contribution in [3.05, 3.63) is 42.2 Å². The molecule has 4 aromatic rings. The Morgan fingerprint density at radius 2 is 1.97 bits per heavy atom. The molecule has 2 bridgehead atoms. The number of fused-ring (bicyclic) bond motifs is 3. The van der Waals surface area contributed by atoms with E-state index < -0.39 is 0 Å². The van der Waals surface area contributed by atoms with Crippen LogP contribution in [0.25, 0.3) is 27.5 Å². The van der Waals surface area contributed by atoms with Crippen molar-refractivity contribution in [3.8, 4) is 28.0 Å². The van der Waals surface area contributed by atoms with Gasteiger partial charge in [-0.25, -0.2) is 4.52 Å². The molecule has 0 spiro atoms. The van der Waals surface area contributed by atoms with E-state index in [4.69, 9.17) is 10.2 Å². The lowest BCUT2D eigenvalue weighted by molar-refractivity contribution is -0.120. The van der Waals surface area contributed by atoms with Crippen LogP contribution in [-0.4, -0.2) is 56.9 Å². The molecule has 0 radical (unpaired) electrons. The zero-order chi connectivity index (χ0) is 24.8. The lowest BCUT2D eigenvalue weighted by Crippen LogP contribution is -2.52. The van der Waals surface area contributed by atoms with E-state index >= 15 is 0 Å². The Labute approximate surface area is 212 Å². The zero-order valence-corrected chi connectivity index (χ0v) is 20.8. The number of carbonyl (C=O) groups is 1. The molecule has 2 N–H and O–H groups in total. The van der Waals surface area contributed by atoms with Gasteiger partial charge in [-0.3, -0.25) is 9.78 Å². The molecule has 5 heterocycles. The summed E-state index contributed by atoms with van der Waals surface area (Å²) in [5.74, 6) is 0.946. The molecule has 0 unspecified atom stereocenters. The fourth-order valence-corrected chi connectivity index (χ4v) is 6.42. The average Bonchev–Trinajstić information content (AvgIpc) is 3.59. The van der Waals surface area contributed by atoms with Crippen molar-refractivity contribution in [2.75, 3.05) is 30.4 Å². The van der Waals surface area contributed by atoms with E-state index in [9.17, 15) is 4.79 Å². The molecular weight excluding hydrogens is 474 g/mol. The van der Waals surface area contributed by atoms with E-state index in [0.29, 0.717) is 17.4 Å². The molecule has 2 aliphatic rings. The van der Waals surface area contributed by atoms with E-state index in [0.717, 1.165) is 64.2 Å². The lowest BCUT2D eigenvalue weighted by atomic mass is 9.92. The first-order valence-corrected chi connectivity index (χ1v) is 12.8. The third kappa shape index (κ3) is 3.83. The van der Waals surface area contributed by atoms with Crippen molar-refractivity contribution in [1.82, 2.24) is 30.1 Å². The molecular formula is C25H25N9OS. The topological polar surface area (TPSA) is 124 Å². The van der Waals surface area contributed by atoms with Gasteiger partial charge in [-0.1, -0.05) is 11.3 Å². The molecule has 182 valence electrons. The number of anilines is 2. The minimum atomic E-state index is 0.0509. The number of amides is 1. The predicted octanol–water partition coefficient (Wildman–Crippen LogP) is 3.18. The third-order valence-electron chi connectivity index (χ3n) is 7.18. The minimum Gasteiger partial charge on any atom is -0.387 e. The molecule has 1 aliphatic heterocycles. The maximum absolute atomic E-state index is 11.6. The molecule has 1 aliphatic carbocycles. The van der Waals surface area contributed by atoms with Gasteiger partial charge in [0, 0.05) is 45.0 Å². The van der Waals surface area contributed by atoms with Crippen LogP contribution in [0.1, 0.15) is 25.3 Å². The SMILES string of the molecule is CNc1cc(-c2ccc3cc(C#N)cnn23)ncc1-c1nnc(N2C[C@H]3CC[C@@H](C2)[C@@H]3NC(C)=O)s1. The highest BCUT2D eigenvalue weighted by Crippen LogP contribution is 2.41. The molecule has 4 aromatic heterocycles. The summed E-state index contributed by atoms with van der Waals surface area (Å²) in [6, 6.07) is 10.1. The first kappa shape index (κ1) is 22.4. The number of hydrogen-bond donors (Lipinski definition) is 2. The van der Waals surface area contributed by atoms with E-state index in [2.05, 4.69) is 36.9 Å². The molecule has 3 atom stereocenters.